The third kappa shape index (κ3) is 3.19. The number of rotatable bonds is 6. The van der Waals surface area contributed by atoms with Crippen molar-refractivity contribution in [3.63, 3.8) is 0 Å². The highest BCUT2D eigenvalue weighted by atomic mass is 16.7. The maximum atomic E-state index is 10.3. The number of nitrogens with one attached hydrogen (secondary N) is 1. The molecule has 2 unspecified atom stereocenters. The van der Waals surface area contributed by atoms with E-state index >= 15 is 0 Å². The summed E-state index contributed by atoms with van der Waals surface area (Å²) in [5.74, 6) is 1.88. The molecule has 0 saturated carbocycles. The van der Waals surface area contributed by atoms with Gasteiger partial charge < -0.3 is 19.9 Å². The van der Waals surface area contributed by atoms with Crippen LogP contribution in [0.3, 0.4) is 0 Å². The maximum Gasteiger partial charge on any atom is 0.231 e. The van der Waals surface area contributed by atoms with Gasteiger partial charge in [-0.05, 0) is 18.9 Å². The van der Waals surface area contributed by atoms with Gasteiger partial charge in [0, 0.05) is 18.7 Å². The molecule has 0 aliphatic carbocycles. The summed E-state index contributed by atoms with van der Waals surface area (Å²) in [4.78, 5) is 0. The highest BCUT2D eigenvalue weighted by Crippen LogP contribution is 2.35. The van der Waals surface area contributed by atoms with Crippen molar-refractivity contribution in [3.8, 4) is 11.5 Å². The summed E-state index contributed by atoms with van der Waals surface area (Å²) in [5.41, 5.74) is 0.374. The van der Waals surface area contributed by atoms with E-state index in [0.29, 0.717) is 13.1 Å². The quantitative estimate of drug-likeness (QED) is 0.828. The molecule has 2 rings (SSSR count). The Balaban J connectivity index is 1.92. The molecule has 0 radical (unpaired) electrons. The number of ether oxygens (including phenoxy) is 2. The molecule has 2 N–H and O–H groups in total. The van der Waals surface area contributed by atoms with Crippen LogP contribution < -0.4 is 14.8 Å². The SMILES string of the molecule is CCC(C)C(C)(O)CNCc1cccc2c1OCO2. The van der Waals surface area contributed by atoms with Crippen LogP contribution in [0, 0.1) is 5.92 Å². The van der Waals surface area contributed by atoms with Gasteiger partial charge in [-0.1, -0.05) is 32.4 Å². The van der Waals surface area contributed by atoms with Gasteiger partial charge in [-0.2, -0.15) is 0 Å². The zero-order valence-corrected chi connectivity index (χ0v) is 11.9. The Kier molecular flexibility index (Phi) is 4.32. The van der Waals surface area contributed by atoms with Gasteiger partial charge in [0.2, 0.25) is 6.79 Å². The predicted octanol–water partition coefficient (Wildman–Crippen LogP) is 2.30. The van der Waals surface area contributed by atoms with Crippen molar-refractivity contribution in [3.05, 3.63) is 23.8 Å². The van der Waals surface area contributed by atoms with Crippen LogP contribution in [0.5, 0.6) is 11.5 Å². The Morgan fingerprint density at radius 2 is 2.21 bits per heavy atom. The molecule has 0 fully saturated rings. The first-order chi connectivity index (χ1) is 9.04. The van der Waals surface area contributed by atoms with Gasteiger partial charge in [0.15, 0.2) is 11.5 Å². The Bertz CT molecular complexity index is 431. The standard InChI is InChI=1S/C15H23NO3/c1-4-11(2)15(3,17)9-16-8-12-6-5-7-13-14(12)19-10-18-13/h5-7,11,16-17H,4,8-10H2,1-3H3. The van der Waals surface area contributed by atoms with E-state index in [2.05, 4.69) is 19.2 Å². The van der Waals surface area contributed by atoms with Crippen molar-refractivity contribution in [1.82, 2.24) is 5.32 Å². The molecule has 1 aliphatic rings. The highest BCUT2D eigenvalue weighted by Gasteiger charge is 2.26. The van der Waals surface area contributed by atoms with Gasteiger partial charge >= 0.3 is 0 Å². The van der Waals surface area contributed by atoms with Crippen molar-refractivity contribution in [2.75, 3.05) is 13.3 Å². The molecule has 0 bridgehead atoms. The van der Waals surface area contributed by atoms with Crippen molar-refractivity contribution in [2.24, 2.45) is 5.92 Å². The average Bonchev–Trinajstić information content (AvgIpc) is 2.86. The van der Waals surface area contributed by atoms with Crippen LogP contribution in [0.1, 0.15) is 32.8 Å². The molecule has 19 heavy (non-hydrogen) atoms. The minimum absolute atomic E-state index is 0.265. The molecule has 0 aromatic heterocycles. The van der Waals surface area contributed by atoms with Crippen molar-refractivity contribution >= 4 is 0 Å². The van der Waals surface area contributed by atoms with E-state index in [0.717, 1.165) is 23.5 Å². The molecular weight excluding hydrogens is 242 g/mol. The van der Waals surface area contributed by atoms with Gasteiger partial charge in [-0.3, -0.25) is 0 Å². The third-order valence-electron chi connectivity index (χ3n) is 3.95. The Morgan fingerprint density at radius 3 is 2.95 bits per heavy atom. The zero-order chi connectivity index (χ0) is 13.9. The minimum Gasteiger partial charge on any atom is -0.454 e. The molecule has 0 saturated heterocycles. The molecule has 1 aromatic rings. The summed E-state index contributed by atoms with van der Waals surface area (Å²) in [6.07, 6.45) is 0.965. The number of para-hydroxylation sites is 1. The largest absolute Gasteiger partial charge is 0.454 e. The van der Waals surface area contributed by atoms with E-state index in [1.54, 1.807) is 0 Å². The Hall–Kier alpha value is -1.26. The van der Waals surface area contributed by atoms with E-state index in [1.165, 1.54) is 0 Å². The first kappa shape index (κ1) is 14.2. The lowest BCUT2D eigenvalue weighted by Gasteiger charge is -2.30. The van der Waals surface area contributed by atoms with Crippen LogP contribution in [-0.2, 0) is 6.54 Å². The van der Waals surface area contributed by atoms with E-state index in [-0.39, 0.29) is 12.7 Å². The fraction of sp³-hybridized carbons (Fsp3) is 0.600. The molecule has 4 nitrogen and oxygen atoms in total. The summed E-state index contributed by atoms with van der Waals surface area (Å²) in [5, 5.41) is 13.6. The molecular formula is C15H23NO3. The summed E-state index contributed by atoms with van der Waals surface area (Å²) in [7, 11) is 0. The normalized spacial score (nSPS) is 18.1. The topological polar surface area (TPSA) is 50.7 Å². The van der Waals surface area contributed by atoms with E-state index in [9.17, 15) is 5.11 Å². The first-order valence-corrected chi connectivity index (χ1v) is 6.85. The van der Waals surface area contributed by atoms with Gasteiger partial charge in [0.25, 0.3) is 0 Å². The fourth-order valence-electron chi connectivity index (χ4n) is 2.19. The molecule has 1 aromatic carbocycles. The summed E-state index contributed by atoms with van der Waals surface area (Å²) in [6, 6.07) is 5.87. The molecule has 2 atom stereocenters. The third-order valence-corrected chi connectivity index (χ3v) is 3.95. The van der Waals surface area contributed by atoms with E-state index < -0.39 is 5.60 Å². The maximum absolute atomic E-state index is 10.3. The lowest BCUT2D eigenvalue weighted by atomic mass is 9.88. The summed E-state index contributed by atoms with van der Waals surface area (Å²) >= 11 is 0. The Morgan fingerprint density at radius 1 is 1.42 bits per heavy atom. The molecule has 0 amide bonds. The molecule has 1 heterocycles. The average molecular weight is 265 g/mol. The van der Waals surface area contributed by atoms with Gasteiger partial charge in [0.1, 0.15) is 0 Å². The van der Waals surface area contributed by atoms with Crippen LogP contribution in [0.4, 0.5) is 0 Å². The predicted molar refractivity (Wildman–Crippen MR) is 74.4 cm³/mol. The van der Waals surface area contributed by atoms with Crippen molar-refractivity contribution in [2.45, 2.75) is 39.3 Å². The number of hydrogen-bond donors (Lipinski definition) is 2. The second kappa shape index (κ2) is 5.80. The van der Waals surface area contributed by atoms with Crippen LogP contribution >= 0.6 is 0 Å². The van der Waals surface area contributed by atoms with Crippen LogP contribution in [0.2, 0.25) is 0 Å². The van der Waals surface area contributed by atoms with Gasteiger partial charge in [-0.15, -0.1) is 0 Å². The lowest BCUT2D eigenvalue weighted by Crippen LogP contribution is -2.42. The van der Waals surface area contributed by atoms with Crippen LogP contribution in [-0.4, -0.2) is 24.0 Å². The minimum atomic E-state index is -0.690. The summed E-state index contributed by atoms with van der Waals surface area (Å²) < 4.78 is 10.8. The van der Waals surface area contributed by atoms with Crippen LogP contribution in [0.15, 0.2) is 18.2 Å². The lowest BCUT2D eigenvalue weighted by molar-refractivity contribution is 0.00530. The number of aliphatic hydroxyl groups is 1. The van der Waals surface area contributed by atoms with Crippen molar-refractivity contribution < 1.29 is 14.6 Å². The molecule has 4 heteroatoms. The number of hydrogen-bond acceptors (Lipinski definition) is 4. The number of fused-ring (bicyclic) bond motifs is 1. The fourth-order valence-corrected chi connectivity index (χ4v) is 2.19. The second-order valence-corrected chi connectivity index (χ2v) is 5.42. The zero-order valence-electron chi connectivity index (χ0n) is 11.9. The monoisotopic (exact) mass is 265 g/mol. The highest BCUT2D eigenvalue weighted by molar-refractivity contribution is 5.48. The van der Waals surface area contributed by atoms with Crippen molar-refractivity contribution in [1.29, 1.82) is 0 Å². The molecule has 1 aliphatic heterocycles. The Labute approximate surface area is 114 Å². The van der Waals surface area contributed by atoms with E-state index in [4.69, 9.17) is 9.47 Å². The molecule has 0 spiro atoms. The first-order valence-electron chi connectivity index (χ1n) is 6.85. The van der Waals surface area contributed by atoms with Gasteiger partial charge in [0.05, 0.1) is 5.60 Å². The summed E-state index contributed by atoms with van der Waals surface area (Å²) in [6.45, 7) is 7.55. The number of benzene rings is 1. The van der Waals surface area contributed by atoms with Gasteiger partial charge in [-0.25, -0.2) is 0 Å². The molecule has 106 valence electrons. The van der Waals surface area contributed by atoms with E-state index in [1.807, 2.05) is 25.1 Å². The second-order valence-electron chi connectivity index (χ2n) is 5.42. The van der Waals surface area contributed by atoms with Crippen LogP contribution in [0.25, 0.3) is 0 Å². The smallest absolute Gasteiger partial charge is 0.231 e.